The van der Waals surface area contributed by atoms with Gasteiger partial charge < -0.3 is 15.2 Å². The number of nitrogens with zero attached hydrogens (tertiary/aromatic N) is 1. The summed E-state index contributed by atoms with van der Waals surface area (Å²) in [7, 11) is 3.11. The fourth-order valence-electron chi connectivity index (χ4n) is 2.47. The number of nitrogens with two attached hydrogens (primary N) is 1. The van der Waals surface area contributed by atoms with Crippen LogP contribution in [0.4, 0.5) is 0 Å². The molecule has 0 saturated carbocycles. The van der Waals surface area contributed by atoms with E-state index in [9.17, 15) is 4.79 Å². The second kappa shape index (κ2) is 7.62. The molecule has 5 heteroatoms. The molecule has 0 unspecified atom stereocenters. The molecule has 0 spiro atoms. The molecule has 0 saturated heterocycles. The van der Waals surface area contributed by atoms with E-state index in [1.807, 2.05) is 24.3 Å². The van der Waals surface area contributed by atoms with Crippen LogP contribution in [0.5, 0.6) is 11.5 Å². The van der Waals surface area contributed by atoms with Gasteiger partial charge in [-0.25, -0.2) is 0 Å². The second-order valence-electron chi connectivity index (χ2n) is 5.49. The average Bonchev–Trinajstić information content (AvgIpc) is 2.61. The van der Waals surface area contributed by atoms with Crippen molar-refractivity contribution in [3.63, 3.8) is 0 Å². The lowest BCUT2D eigenvalue weighted by atomic mass is 9.97. The van der Waals surface area contributed by atoms with Gasteiger partial charge in [0.25, 0.3) is 0 Å². The predicted molar refractivity (Wildman–Crippen MR) is 92.1 cm³/mol. The van der Waals surface area contributed by atoms with E-state index >= 15 is 0 Å². The number of hydrogen-bond acceptors (Lipinski definition) is 5. The van der Waals surface area contributed by atoms with Crippen molar-refractivity contribution in [1.29, 1.82) is 5.26 Å². The first-order valence-corrected chi connectivity index (χ1v) is 7.51. The summed E-state index contributed by atoms with van der Waals surface area (Å²) in [6.45, 7) is 1.49. The van der Waals surface area contributed by atoms with E-state index in [4.69, 9.17) is 20.5 Å². The summed E-state index contributed by atoms with van der Waals surface area (Å²) in [5, 5.41) is 9.10. The molecule has 0 aliphatic heterocycles. The molecule has 0 aliphatic rings. The Hall–Kier alpha value is -2.84. The molecular weight excluding hydrogens is 304 g/mol. The van der Waals surface area contributed by atoms with Gasteiger partial charge in [0.1, 0.15) is 17.3 Å². The summed E-state index contributed by atoms with van der Waals surface area (Å²) in [6.07, 6.45) is 0.497. The molecule has 124 valence electrons. The first kappa shape index (κ1) is 17.5. The van der Waals surface area contributed by atoms with Crippen LogP contribution < -0.4 is 15.2 Å². The normalized spacial score (nSPS) is 11.5. The molecule has 2 aromatic carbocycles. The van der Waals surface area contributed by atoms with Gasteiger partial charge in [0, 0.05) is 0 Å². The van der Waals surface area contributed by atoms with Crippen LogP contribution in [0.15, 0.2) is 36.4 Å². The first-order valence-electron chi connectivity index (χ1n) is 7.51. The third-order valence-corrected chi connectivity index (χ3v) is 3.86. The van der Waals surface area contributed by atoms with Gasteiger partial charge in [-0.05, 0) is 36.6 Å². The Bertz CT molecular complexity index is 751. The summed E-state index contributed by atoms with van der Waals surface area (Å²) in [4.78, 5) is 11.3. The quantitative estimate of drug-likeness (QED) is 0.883. The van der Waals surface area contributed by atoms with Crippen LogP contribution in [-0.2, 0) is 11.2 Å². The summed E-state index contributed by atoms with van der Waals surface area (Å²) < 4.78 is 10.8. The highest BCUT2D eigenvalue weighted by Gasteiger charge is 2.15. The van der Waals surface area contributed by atoms with Crippen LogP contribution in [0.25, 0.3) is 11.1 Å². The van der Waals surface area contributed by atoms with Gasteiger partial charge >= 0.3 is 0 Å². The van der Waals surface area contributed by atoms with Gasteiger partial charge in [-0.1, -0.05) is 24.3 Å². The van der Waals surface area contributed by atoms with Crippen molar-refractivity contribution in [3.05, 3.63) is 47.5 Å². The minimum atomic E-state index is -0.491. The number of nitriles is 1. The van der Waals surface area contributed by atoms with Gasteiger partial charge in [0.2, 0.25) is 0 Å². The number of ether oxygens (including phenoxy) is 2. The van der Waals surface area contributed by atoms with Gasteiger partial charge in [0.15, 0.2) is 0 Å². The Labute approximate surface area is 141 Å². The van der Waals surface area contributed by atoms with Crippen molar-refractivity contribution in [2.75, 3.05) is 14.2 Å². The molecule has 0 aliphatic carbocycles. The molecule has 1 atom stereocenters. The largest absolute Gasteiger partial charge is 0.496 e. The lowest BCUT2D eigenvalue weighted by Gasteiger charge is -2.15. The molecule has 0 radical (unpaired) electrons. The van der Waals surface area contributed by atoms with Crippen LogP contribution in [0.2, 0.25) is 0 Å². The highest BCUT2D eigenvalue weighted by atomic mass is 16.5. The van der Waals surface area contributed by atoms with E-state index in [1.165, 1.54) is 6.92 Å². The van der Waals surface area contributed by atoms with Crippen molar-refractivity contribution in [1.82, 2.24) is 0 Å². The maximum Gasteiger partial charge on any atom is 0.146 e. The zero-order chi connectivity index (χ0) is 17.7. The molecule has 0 aromatic heterocycles. The van der Waals surface area contributed by atoms with Gasteiger partial charge in [-0.3, -0.25) is 4.79 Å². The van der Waals surface area contributed by atoms with Crippen molar-refractivity contribution in [3.8, 4) is 28.7 Å². The molecule has 5 nitrogen and oxygen atoms in total. The van der Waals surface area contributed by atoms with Crippen molar-refractivity contribution in [2.45, 2.75) is 19.4 Å². The topological polar surface area (TPSA) is 85.3 Å². The average molecular weight is 324 g/mol. The third-order valence-electron chi connectivity index (χ3n) is 3.86. The van der Waals surface area contributed by atoms with Crippen LogP contribution >= 0.6 is 0 Å². The fourth-order valence-corrected chi connectivity index (χ4v) is 2.47. The van der Waals surface area contributed by atoms with Gasteiger partial charge in [0.05, 0.1) is 37.5 Å². The minimum Gasteiger partial charge on any atom is -0.496 e. The first-order chi connectivity index (χ1) is 11.5. The van der Waals surface area contributed by atoms with Crippen molar-refractivity contribution < 1.29 is 14.3 Å². The highest BCUT2D eigenvalue weighted by Crippen LogP contribution is 2.39. The molecule has 2 aromatic rings. The molecule has 0 bridgehead atoms. The number of rotatable bonds is 6. The summed E-state index contributed by atoms with van der Waals surface area (Å²) in [5.74, 6) is 1.10. The standard InChI is InChI=1S/C19H20N2O3/c1-12(22)16(21)8-13-4-6-15(7-5-13)19-17(23-2)9-14(11-20)10-18(19)24-3/h4-7,9-10,16H,8,21H2,1-3H3/t16-/m0/s1. The number of carbonyl (C=O) groups excluding carboxylic acids is 1. The minimum absolute atomic E-state index is 0.0329. The van der Waals surface area contributed by atoms with Crippen molar-refractivity contribution in [2.24, 2.45) is 5.73 Å². The van der Waals surface area contributed by atoms with Crippen LogP contribution in [0, 0.1) is 11.3 Å². The van der Waals surface area contributed by atoms with Crippen LogP contribution in [0.3, 0.4) is 0 Å². The summed E-state index contributed by atoms with van der Waals surface area (Å²) >= 11 is 0. The van der Waals surface area contributed by atoms with Crippen LogP contribution in [0.1, 0.15) is 18.1 Å². The van der Waals surface area contributed by atoms with Gasteiger partial charge in [-0.15, -0.1) is 0 Å². The summed E-state index contributed by atoms with van der Waals surface area (Å²) in [6, 6.07) is 12.7. The lowest BCUT2D eigenvalue weighted by molar-refractivity contribution is -0.118. The molecular formula is C19H20N2O3. The smallest absolute Gasteiger partial charge is 0.146 e. The van der Waals surface area contributed by atoms with E-state index < -0.39 is 6.04 Å². The molecule has 2 rings (SSSR count). The number of hydrogen-bond donors (Lipinski definition) is 1. The number of ketones is 1. The second-order valence-corrected chi connectivity index (χ2v) is 5.49. The van der Waals surface area contributed by atoms with Crippen molar-refractivity contribution >= 4 is 5.78 Å². The Kier molecular flexibility index (Phi) is 5.56. The molecule has 0 amide bonds. The Morgan fingerprint density at radius 1 is 1.17 bits per heavy atom. The fraction of sp³-hybridized carbons (Fsp3) is 0.263. The molecule has 2 N–H and O–H groups in total. The van der Waals surface area contributed by atoms with Gasteiger partial charge in [-0.2, -0.15) is 5.26 Å². The number of Topliss-reactive ketones (excluding diaryl/α,β-unsaturated/α-hetero) is 1. The Balaban J connectivity index is 2.41. The molecule has 0 fully saturated rings. The SMILES string of the molecule is COc1cc(C#N)cc(OC)c1-c1ccc(C[C@H](N)C(C)=O)cc1. The predicted octanol–water partition coefficient (Wildman–Crippen LogP) is 2.70. The van der Waals surface area contributed by atoms with E-state index in [1.54, 1.807) is 26.4 Å². The highest BCUT2D eigenvalue weighted by molar-refractivity contribution is 5.81. The molecule has 24 heavy (non-hydrogen) atoms. The number of carbonyl (C=O) groups is 1. The Morgan fingerprint density at radius 3 is 2.12 bits per heavy atom. The van der Waals surface area contributed by atoms with E-state index in [2.05, 4.69) is 6.07 Å². The number of methoxy groups -OCH3 is 2. The summed E-state index contributed by atoms with van der Waals surface area (Å²) in [5.41, 5.74) is 8.93. The monoisotopic (exact) mass is 324 g/mol. The molecule has 0 heterocycles. The van der Waals surface area contributed by atoms with E-state index in [-0.39, 0.29) is 5.78 Å². The van der Waals surface area contributed by atoms with Crippen LogP contribution in [-0.4, -0.2) is 26.0 Å². The Morgan fingerprint density at radius 2 is 1.71 bits per heavy atom. The maximum absolute atomic E-state index is 11.3. The third kappa shape index (κ3) is 3.73. The zero-order valence-electron chi connectivity index (χ0n) is 14.0. The van der Waals surface area contributed by atoms with E-state index in [0.29, 0.717) is 23.5 Å². The zero-order valence-corrected chi connectivity index (χ0v) is 14.0. The number of benzene rings is 2. The maximum atomic E-state index is 11.3. The lowest BCUT2D eigenvalue weighted by Crippen LogP contribution is -2.30. The van der Waals surface area contributed by atoms with E-state index in [0.717, 1.165) is 16.7 Å².